The van der Waals surface area contributed by atoms with Crippen molar-refractivity contribution in [1.82, 2.24) is 5.32 Å². The first-order valence-corrected chi connectivity index (χ1v) is 12.7. The monoisotopic (exact) mass is 476 g/mol. The molecule has 2 aromatic carbocycles. The maximum Gasteiger partial charge on any atom is 0.243 e. The van der Waals surface area contributed by atoms with Gasteiger partial charge in [0, 0.05) is 31.2 Å². The summed E-state index contributed by atoms with van der Waals surface area (Å²) in [5, 5.41) is 3.01. The molecule has 1 aliphatic rings. The maximum atomic E-state index is 13.3. The zero-order valence-corrected chi connectivity index (χ0v) is 20.4. The van der Waals surface area contributed by atoms with E-state index in [-0.39, 0.29) is 11.1 Å². The maximum absolute atomic E-state index is 13.3. The minimum Gasteiger partial charge on any atom is -0.497 e. The van der Waals surface area contributed by atoms with E-state index in [0.29, 0.717) is 31.3 Å². The van der Waals surface area contributed by atoms with Crippen LogP contribution in [0, 0.1) is 0 Å². The summed E-state index contributed by atoms with van der Waals surface area (Å²) in [7, 11) is -0.874. The standard InChI is InChI=1S/C24H32N2O6S/c1-18(26(33(4,28)29)21-16-20(30-2)10-11-22(21)31-3)23(27)25-17-24(12-14-32-15-13-24)19-8-6-5-7-9-19/h5-11,16,18H,12-15,17H2,1-4H3,(H,25,27)/t18-/m1/s1. The largest absolute Gasteiger partial charge is 0.497 e. The molecule has 0 bridgehead atoms. The lowest BCUT2D eigenvalue weighted by atomic mass is 9.74. The van der Waals surface area contributed by atoms with E-state index in [2.05, 4.69) is 17.4 Å². The number of anilines is 1. The molecule has 0 radical (unpaired) electrons. The third-order valence-electron chi connectivity index (χ3n) is 6.15. The van der Waals surface area contributed by atoms with Crippen LogP contribution in [0.2, 0.25) is 0 Å². The smallest absolute Gasteiger partial charge is 0.243 e. The Kier molecular flexibility index (Phi) is 7.86. The van der Waals surface area contributed by atoms with Gasteiger partial charge >= 0.3 is 0 Å². The summed E-state index contributed by atoms with van der Waals surface area (Å²) in [5.74, 6) is 0.385. The first-order valence-electron chi connectivity index (χ1n) is 10.8. The molecule has 1 amide bonds. The number of benzene rings is 2. The summed E-state index contributed by atoms with van der Waals surface area (Å²) >= 11 is 0. The second kappa shape index (κ2) is 10.4. The predicted octanol–water partition coefficient (Wildman–Crippen LogP) is 2.72. The highest BCUT2D eigenvalue weighted by Gasteiger charge is 2.37. The van der Waals surface area contributed by atoms with Crippen molar-refractivity contribution in [2.75, 3.05) is 44.5 Å². The van der Waals surface area contributed by atoms with Crippen LogP contribution in [-0.2, 0) is 25.0 Å². The van der Waals surface area contributed by atoms with E-state index in [1.165, 1.54) is 14.2 Å². The van der Waals surface area contributed by atoms with Gasteiger partial charge in [-0.25, -0.2) is 8.42 Å². The highest BCUT2D eigenvalue weighted by Crippen LogP contribution is 2.36. The van der Waals surface area contributed by atoms with Crippen LogP contribution < -0.4 is 19.1 Å². The van der Waals surface area contributed by atoms with Crippen LogP contribution in [0.1, 0.15) is 25.3 Å². The second-order valence-electron chi connectivity index (χ2n) is 8.25. The Hall–Kier alpha value is -2.78. The van der Waals surface area contributed by atoms with E-state index in [1.807, 2.05) is 18.2 Å². The number of nitrogens with one attached hydrogen (secondary N) is 1. The van der Waals surface area contributed by atoms with Crippen LogP contribution in [0.5, 0.6) is 11.5 Å². The number of rotatable bonds is 9. The number of nitrogens with zero attached hydrogens (tertiary/aromatic N) is 1. The van der Waals surface area contributed by atoms with Gasteiger partial charge in [0.25, 0.3) is 0 Å². The highest BCUT2D eigenvalue weighted by molar-refractivity contribution is 7.92. The van der Waals surface area contributed by atoms with Gasteiger partial charge in [0.1, 0.15) is 17.5 Å². The van der Waals surface area contributed by atoms with E-state index in [4.69, 9.17) is 14.2 Å². The van der Waals surface area contributed by atoms with Crippen LogP contribution in [0.25, 0.3) is 0 Å². The molecule has 180 valence electrons. The minimum atomic E-state index is -3.81. The van der Waals surface area contributed by atoms with E-state index >= 15 is 0 Å². The first kappa shape index (κ1) is 24.9. The molecule has 1 saturated heterocycles. The third kappa shape index (κ3) is 5.59. The number of amides is 1. The summed E-state index contributed by atoms with van der Waals surface area (Å²) < 4.78 is 42.8. The number of carbonyl (C=O) groups excluding carboxylic acids is 1. The van der Waals surface area contributed by atoms with Crippen LogP contribution in [-0.4, -0.2) is 60.6 Å². The number of hydrogen-bond acceptors (Lipinski definition) is 6. The Labute approximate surface area is 195 Å². The zero-order valence-electron chi connectivity index (χ0n) is 19.5. The lowest BCUT2D eigenvalue weighted by molar-refractivity contribution is -0.122. The Morgan fingerprint density at radius 3 is 2.36 bits per heavy atom. The van der Waals surface area contributed by atoms with Crippen molar-refractivity contribution in [1.29, 1.82) is 0 Å². The fourth-order valence-electron chi connectivity index (χ4n) is 4.28. The molecule has 8 nitrogen and oxygen atoms in total. The van der Waals surface area contributed by atoms with Gasteiger partial charge in [-0.2, -0.15) is 0 Å². The lowest BCUT2D eigenvalue weighted by Crippen LogP contribution is -2.52. The fourth-order valence-corrected chi connectivity index (χ4v) is 5.45. The Morgan fingerprint density at radius 2 is 1.79 bits per heavy atom. The molecule has 0 saturated carbocycles. The Bertz CT molecular complexity index is 1050. The van der Waals surface area contributed by atoms with Crippen molar-refractivity contribution in [3.05, 3.63) is 54.1 Å². The number of methoxy groups -OCH3 is 2. The molecule has 0 spiro atoms. The van der Waals surface area contributed by atoms with Gasteiger partial charge < -0.3 is 19.5 Å². The van der Waals surface area contributed by atoms with Crippen molar-refractivity contribution in [3.63, 3.8) is 0 Å². The van der Waals surface area contributed by atoms with E-state index in [9.17, 15) is 13.2 Å². The van der Waals surface area contributed by atoms with Crippen molar-refractivity contribution in [3.8, 4) is 11.5 Å². The average Bonchev–Trinajstić information content (AvgIpc) is 2.82. The van der Waals surface area contributed by atoms with Crippen molar-refractivity contribution in [2.24, 2.45) is 0 Å². The van der Waals surface area contributed by atoms with Crippen molar-refractivity contribution >= 4 is 21.6 Å². The summed E-state index contributed by atoms with van der Waals surface area (Å²) in [6, 6.07) is 13.9. The molecular formula is C24H32N2O6S. The van der Waals surface area contributed by atoms with Gasteiger partial charge in [0.05, 0.1) is 26.2 Å². The molecule has 2 aromatic rings. The molecule has 0 unspecified atom stereocenters. The summed E-state index contributed by atoms with van der Waals surface area (Å²) in [4.78, 5) is 13.3. The first-order chi connectivity index (χ1) is 15.7. The van der Waals surface area contributed by atoms with E-state index in [1.54, 1.807) is 25.1 Å². The average molecular weight is 477 g/mol. The molecule has 1 aliphatic heterocycles. The van der Waals surface area contributed by atoms with Gasteiger partial charge in [-0.15, -0.1) is 0 Å². The molecule has 0 aliphatic carbocycles. The summed E-state index contributed by atoms with van der Waals surface area (Å²) in [6.45, 7) is 3.17. The van der Waals surface area contributed by atoms with Crippen LogP contribution >= 0.6 is 0 Å². The number of carbonyl (C=O) groups is 1. The topological polar surface area (TPSA) is 94.2 Å². The molecule has 33 heavy (non-hydrogen) atoms. The number of ether oxygens (including phenoxy) is 3. The summed E-state index contributed by atoms with van der Waals surface area (Å²) in [6.07, 6.45) is 2.61. The van der Waals surface area contributed by atoms with Crippen molar-refractivity contribution in [2.45, 2.75) is 31.2 Å². The molecule has 1 heterocycles. The fraction of sp³-hybridized carbons (Fsp3) is 0.458. The summed E-state index contributed by atoms with van der Waals surface area (Å²) in [5.41, 5.74) is 1.11. The molecule has 0 aromatic heterocycles. The van der Waals surface area contributed by atoms with E-state index < -0.39 is 22.0 Å². The molecule has 1 fully saturated rings. The molecule has 3 rings (SSSR count). The van der Waals surface area contributed by atoms with Gasteiger partial charge in [0.15, 0.2) is 0 Å². The Balaban J connectivity index is 1.87. The lowest BCUT2D eigenvalue weighted by Gasteiger charge is -2.38. The van der Waals surface area contributed by atoms with Gasteiger partial charge in [-0.05, 0) is 37.5 Å². The predicted molar refractivity (Wildman–Crippen MR) is 128 cm³/mol. The quantitative estimate of drug-likeness (QED) is 0.598. The highest BCUT2D eigenvalue weighted by atomic mass is 32.2. The number of sulfonamides is 1. The van der Waals surface area contributed by atoms with Crippen LogP contribution in [0.4, 0.5) is 5.69 Å². The molecule has 1 N–H and O–H groups in total. The molecule has 1 atom stereocenters. The van der Waals surface area contributed by atoms with Crippen LogP contribution in [0.3, 0.4) is 0 Å². The second-order valence-corrected chi connectivity index (χ2v) is 10.1. The van der Waals surface area contributed by atoms with Gasteiger partial charge in [-0.3, -0.25) is 9.10 Å². The van der Waals surface area contributed by atoms with Gasteiger partial charge in [0.2, 0.25) is 15.9 Å². The molecule has 9 heteroatoms. The minimum absolute atomic E-state index is 0.242. The zero-order chi connectivity index (χ0) is 24.1. The third-order valence-corrected chi connectivity index (χ3v) is 7.38. The Morgan fingerprint density at radius 1 is 1.12 bits per heavy atom. The normalized spacial score (nSPS) is 16.5. The molecular weight excluding hydrogens is 444 g/mol. The van der Waals surface area contributed by atoms with E-state index in [0.717, 1.165) is 29.0 Å². The van der Waals surface area contributed by atoms with Crippen molar-refractivity contribution < 1.29 is 27.4 Å². The SMILES string of the molecule is COc1ccc(OC)c(N([C@H](C)C(=O)NCC2(c3ccccc3)CCOCC2)S(C)(=O)=O)c1. The number of hydrogen-bond donors (Lipinski definition) is 1. The van der Waals surface area contributed by atoms with Crippen LogP contribution in [0.15, 0.2) is 48.5 Å². The van der Waals surface area contributed by atoms with Gasteiger partial charge in [-0.1, -0.05) is 30.3 Å².